The first kappa shape index (κ1) is 12.4. The molecule has 0 atom stereocenters. The van der Waals surface area contributed by atoms with E-state index in [-0.39, 0.29) is 22.1 Å². The topological polar surface area (TPSA) is 63.6 Å². The highest BCUT2D eigenvalue weighted by Gasteiger charge is 2.17. The molecule has 0 unspecified atom stereocenters. The van der Waals surface area contributed by atoms with Gasteiger partial charge in [0.25, 0.3) is 0 Å². The van der Waals surface area contributed by atoms with Gasteiger partial charge in [-0.25, -0.2) is 8.42 Å². The minimum absolute atomic E-state index is 0.0333. The molecule has 0 saturated heterocycles. The Balaban J connectivity index is 3.27. The number of benzene rings is 1. The van der Waals surface area contributed by atoms with Crippen LogP contribution in [-0.4, -0.2) is 20.6 Å². The van der Waals surface area contributed by atoms with Crippen LogP contribution in [0.15, 0.2) is 12.1 Å². The van der Waals surface area contributed by atoms with Gasteiger partial charge in [-0.05, 0) is 12.1 Å². The molecule has 0 heterocycles. The molecule has 0 saturated carbocycles. The molecule has 0 aromatic heterocycles. The number of phenolic OH excluding ortho intramolecular Hbond substituents is 1. The number of halogens is 2. The molecule has 0 aliphatic rings. The Morgan fingerprint density at radius 2 is 2.07 bits per heavy atom. The number of hydrogen-bond acceptors (Lipinski definition) is 4. The second-order valence-electron chi connectivity index (χ2n) is 2.76. The minimum Gasteiger partial charge on any atom is -0.508 e. The van der Waals surface area contributed by atoms with E-state index in [4.69, 9.17) is 27.0 Å². The van der Waals surface area contributed by atoms with Gasteiger partial charge >= 0.3 is 0 Å². The van der Waals surface area contributed by atoms with Crippen molar-refractivity contribution in [3.8, 4) is 11.5 Å². The largest absolute Gasteiger partial charge is 0.508 e. The summed E-state index contributed by atoms with van der Waals surface area (Å²) in [5, 5.41) is 9.45. The summed E-state index contributed by atoms with van der Waals surface area (Å²) in [6.45, 7) is 0. The van der Waals surface area contributed by atoms with Gasteiger partial charge in [0.1, 0.15) is 11.5 Å². The highest BCUT2D eigenvalue weighted by Crippen LogP contribution is 2.35. The van der Waals surface area contributed by atoms with Crippen molar-refractivity contribution >= 4 is 31.3 Å². The molecule has 0 spiro atoms. The van der Waals surface area contributed by atoms with Crippen molar-refractivity contribution in [2.75, 3.05) is 7.11 Å². The van der Waals surface area contributed by atoms with Gasteiger partial charge in [0, 0.05) is 16.2 Å². The Bertz CT molecular complexity index is 470. The first-order valence-electron chi connectivity index (χ1n) is 3.82. The van der Waals surface area contributed by atoms with E-state index in [0.29, 0.717) is 0 Å². The standard InChI is InChI=1S/C8H8Cl2O4S/c1-14-7-3-2-6(11)5(8(7)9)4-15(10,12)13/h2-3,11H,4H2,1H3. The molecule has 1 aromatic rings. The Morgan fingerprint density at radius 1 is 1.47 bits per heavy atom. The lowest BCUT2D eigenvalue weighted by Gasteiger charge is -2.09. The number of ether oxygens (including phenoxy) is 1. The lowest BCUT2D eigenvalue weighted by Crippen LogP contribution is -1.98. The van der Waals surface area contributed by atoms with Crippen LogP contribution in [0.5, 0.6) is 11.5 Å². The second kappa shape index (κ2) is 4.47. The molecular weight excluding hydrogens is 263 g/mol. The van der Waals surface area contributed by atoms with Crippen molar-refractivity contribution in [3.63, 3.8) is 0 Å². The van der Waals surface area contributed by atoms with Gasteiger partial charge in [-0.1, -0.05) is 11.6 Å². The van der Waals surface area contributed by atoms with Crippen molar-refractivity contribution in [3.05, 3.63) is 22.7 Å². The van der Waals surface area contributed by atoms with Crippen molar-refractivity contribution in [1.29, 1.82) is 0 Å². The van der Waals surface area contributed by atoms with Crippen LogP contribution in [-0.2, 0) is 14.8 Å². The van der Waals surface area contributed by atoms with E-state index in [1.807, 2.05) is 0 Å². The van der Waals surface area contributed by atoms with E-state index >= 15 is 0 Å². The van der Waals surface area contributed by atoms with Crippen molar-refractivity contribution < 1.29 is 18.3 Å². The van der Waals surface area contributed by atoms with Crippen LogP contribution < -0.4 is 4.74 Å². The summed E-state index contributed by atoms with van der Waals surface area (Å²) in [5.74, 6) is -0.494. The van der Waals surface area contributed by atoms with Crippen molar-refractivity contribution in [2.24, 2.45) is 0 Å². The van der Waals surface area contributed by atoms with Crippen molar-refractivity contribution in [1.82, 2.24) is 0 Å². The van der Waals surface area contributed by atoms with E-state index in [1.165, 1.54) is 19.2 Å². The molecule has 7 heteroatoms. The van der Waals surface area contributed by atoms with Crippen molar-refractivity contribution in [2.45, 2.75) is 5.75 Å². The molecule has 1 aromatic carbocycles. The summed E-state index contributed by atoms with van der Waals surface area (Å²) in [4.78, 5) is 0. The lowest BCUT2D eigenvalue weighted by molar-refractivity contribution is 0.411. The minimum atomic E-state index is -3.77. The van der Waals surface area contributed by atoms with Gasteiger partial charge < -0.3 is 9.84 Å². The van der Waals surface area contributed by atoms with Crippen LogP contribution in [0, 0.1) is 0 Å². The summed E-state index contributed by atoms with van der Waals surface area (Å²) in [5.41, 5.74) is 0.0333. The normalized spacial score (nSPS) is 11.4. The zero-order chi connectivity index (χ0) is 11.6. The number of phenols is 1. The van der Waals surface area contributed by atoms with E-state index < -0.39 is 14.8 Å². The first-order chi connectivity index (χ1) is 6.85. The van der Waals surface area contributed by atoms with Crippen LogP contribution in [0.2, 0.25) is 5.02 Å². The summed E-state index contributed by atoms with van der Waals surface area (Å²) in [6.07, 6.45) is 0. The van der Waals surface area contributed by atoms with Gasteiger partial charge in [0.2, 0.25) is 9.05 Å². The second-order valence-corrected chi connectivity index (χ2v) is 5.92. The first-order valence-corrected chi connectivity index (χ1v) is 6.67. The molecule has 0 amide bonds. The highest BCUT2D eigenvalue weighted by atomic mass is 35.7. The highest BCUT2D eigenvalue weighted by molar-refractivity contribution is 8.13. The van der Waals surface area contributed by atoms with Gasteiger partial charge in [-0.2, -0.15) is 0 Å². The summed E-state index contributed by atoms with van der Waals surface area (Å²) < 4.78 is 26.6. The zero-order valence-corrected chi connectivity index (χ0v) is 10.0. The van der Waals surface area contributed by atoms with E-state index in [2.05, 4.69) is 0 Å². The van der Waals surface area contributed by atoms with E-state index in [0.717, 1.165) is 0 Å². The van der Waals surface area contributed by atoms with Crippen LogP contribution in [0.25, 0.3) is 0 Å². The summed E-state index contributed by atoms with van der Waals surface area (Å²) in [7, 11) is 2.68. The van der Waals surface area contributed by atoms with E-state index in [9.17, 15) is 13.5 Å². The fourth-order valence-corrected chi connectivity index (χ4v) is 2.40. The Morgan fingerprint density at radius 3 is 2.53 bits per heavy atom. The number of rotatable bonds is 3. The Kier molecular flexibility index (Phi) is 3.70. The molecule has 84 valence electrons. The third-order valence-electron chi connectivity index (χ3n) is 1.72. The van der Waals surface area contributed by atoms with Gasteiger partial charge in [0.15, 0.2) is 0 Å². The van der Waals surface area contributed by atoms with Crippen LogP contribution in [0.4, 0.5) is 0 Å². The predicted octanol–water partition coefficient (Wildman–Crippen LogP) is 2.12. The fourth-order valence-electron chi connectivity index (χ4n) is 1.06. The van der Waals surface area contributed by atoms with Crippen LogP contribution >= 0.6 is 22.3 Å². The quantitative estimate of drug-likeness (QED) is 0.855. The monoisotopic (exact) mass is 270 g/mol. The molecule has 0 aliphatic heterocycles. The SMILES string of the molecule is COc1ccc(O)c(CS(=O)(=O)Cl)c1Cl. The molecule has 1 N–H and O–H groups in total. The smallest absolute Gasteiger partial charge is 0.236 e. The third-order valence-corrected chi connectivity index (χ3v) is 3.09. The zero-order valence-electron chi connectivity index (χ0n) is 7.70. The fraction of sp³-hybridized carbons (Fsp3) is 0.250. The maximum Gasteiger partial charge on any atom is 0.236 e. The van der Waals surface area contributed by atoms with Gasteiger partial charge in [-0.3, -0.25) is 0 Å². The van der Waals surface area contributed by atoms with Gasteiger partial charge in [-0.15, -0.1) is 0 Å². The maximum atomic E-state index is 10.9. The van der Waals surface area contributed by atoms with Gasteiger partial charge in [0.05, 0.1) is 17.9 Å². The lowest BCUT2D eigenvalue weighted by atomic mass is 10.2. The molecule has 0 radical (unpaired) electrons. The Labute approximate surface area is 96.8 Å². The number of hydrogen-bond donors (Lipinski definition) is 1. The number of methoxy groups -OCH3 is 1. The third kappa shape index (κ3) is 3.15. The predicted molar refractivity (Wildman–Crippen MR) is 58.1 cm³/mol. The molecule has 1 rings (SSSR count). The molecule has 0 bridgehead atoms. The summed E-state index contributed by atoms with van der Waals surface area (Å²) in [6, 6.07) is 2.73. The van der Waals surface area contributed by atoms with Crippen LogP contribution in [0.1, 0.15) is 5.56 Å². The molecule has 0 aliphatic carbocycles. The average Bonchev–Trinajstić information content (AvgIpc) is 2.11. The Hall–Kier alpha value is -0.650. The average molecular weight is 271 g/mol. The number of aromatic hydroxyl groups is 1. The van der Waals surface area contributed by atoms with E-state index in [1.54, 1.807) is 0 Å². The van der Waals surface area contributed by atoms with Crippen LogP contribution in [0.3, 0.4) is 0 Å². The molecule has 4 nitrogen and oxygen atoms in total. The molecule has 15 heavy (non-hydrogen) atoms. The molecular formula is C8H8Cl2O4S. The molecule has 0 fully saturated rings. The maximum absolute atomic E-state index is 10.9. The summed E-state index contributed by atoms with van der Waals surface area (Å²) >= 11 is 5.81.